The highest BCUT2D eigenvalue weighted by Gasteiger charge is 2.28. The van der Waals surface area contributed by atoms with Crippen molar-refractivity contribution < 1.29 is 27.5 Å². The minimum Gasteiger partial charge on any atom is -0.452 e. The fraction of sp³-hybridized carbons (Fsp3) is 0.217. The summed E-state index contributed by atoms with van der Waals surface area (Å²) < 4.78 is 37.3. The minimum absolute atomic E-state index is 0.0235. The van der Waals surface area contributed by atoms with Gasteiger partial charge in [-0.3, -0.25) is 4.79 Å². The summed E-state index contributed by atoms with van der Waals surface area (Å²) in [6.45, 7) is 0.484. The molecular weight excluding hydrogens is 468 g/mol. The van der Waals surface area contributed by atoms with Gasteiger partial charge in [0.15, 0.2) is 6.61 Å². The lowest BCUT2D eigenvalue weighted by atomic mass is 10.1. The van der Waals surface area contributed by atoms with E-state index in [9.17, 15) is 18.0 Å². The Morgan fingerprint density at radius 1 is 1.03 bits per heavy atom. The Labute approximate surface area is 196 Å². The Balaban J connectivity index is 1.45. The van der Waals surface area contributed by atoms with Gasteiger partial charge in [-0.1, -0.05) is 48.0 Å². The Hall–Kier alpha value is -2.98. The van der Waals surface area contributed by atoms with Crippen molar-refractivity contribution >= 4 is 50.0 Å². The number of hydrogen-bond donors (Lipinski definition) is 1. The van der Waals surface area contributed by atoms with Gasteiger partial charge in [-0.05, 0) is 29.7 Å². The number of carbonyl (C=O) groups is 2. The summed E-state index contributed by atoms with van der Waals surface area (Å²) >= 11 is 6.11. The third-order valence-electron chi connectivity index (χ3n) is 5.16. The normalized spacial score (nSPS) is 14.7. The van der Waals surface area contributed by atoms with Crippen LogP contribution in [0.25, 0.3) is 10.8 Å². The zero-order valence-electron chi connectivity index (χ0n) is 17.5. The highest BCUT2D eigenvalue weighted by atomic mass is 35.5. The van der Waals surface area contributed by atoms with Gasteiger partial charge in [0.2, 0.25) is 10.0 Å². The second kappa shape index (κ2) is 9.88. The molecule has 1 saturated heterocycles. The second-order valence-electron chi connectivity index (χ2n) is 7.31. The van der Waals surface area contributed by atoms with E-state index in [0.29, 0.717) is 18.9 Å². The van der Waals surface area contributed by atoms with Crippen molar-refractivity contribution in [2.75, 3.05) is 38.2 Å². The van der Waals surface area contributed by atoms with Gasteiger partial charge in [0.1, 0.15) is 0 Å². The average Bonchev–Trinajstić information content (AvgIpc) is 2.83. The standard InChI is InChI=1S/C23H21ClN2O6S/c24-20-9-8-17(33(29,30)26-10-12-31-13-11-26)14-19(20)23(28)32-15-22(27)25-21-7-3-5-16-4-1-2-6-18(16)21/h1-9,14H,10-13,15H2,(H,25,27). The van der Waals surface area contributed by atoms with E-state index in [4.69, 9.17) is 21.1 Å². The SMILES string of the molecule is O=C(COC(=O)c1cc(S(=O)(=O)N2CCOCC2)ccc1Cl)Nc1cccc2ccccc12. The van der Waals surface area contributed by atoms with Crippen LogP contribution < -0.4 is 5.32 Å². The summed E-state index contributed by atoms with van der Waals surface area (Å²) in [6, 6.07) is 16.8. The van der Waals surface area contributed by atoms with Crippen LogP contribution in [-0.4, -0.2) is 57.5 Å². The van der Waals surface area contributed by atoms with Crippen LogP contribution in [-0.2, 0) is 24.3 Å². The summed E-state index contributed by atoms with van der Waals surface area (Å²) in [4.78, 5) is 24.9. The first kappa shape index (κ1) is 23.2. The molecule has 1 heterocycles. The highest BCUT2D eigenvalue weighted by molar-refractivity contribution is 7.89. The van der Waals surface area contributed by atoms with Gasteiger partial charge in [-0.2, -0.15) is 4.31 Å². The molecule has 0 bridgehead atoms. The molecule has 1 fully saturated rings. The van der Waals surface area contributed by atoms with Crippen LogP contribution in [0.3, 0.4) is 0 Å². The summed E-state index contributed by atoms with van der Waals surface area (Å²) in [5, 5.41) is 4.55. The summed E-state index contributed by atoms with van der Waals surface area (Å²) in [5.41, 5.74) is 0.453. The molecule has 1 amide bonds. The number of carbonyl (C=O) groups excluding carboxylic acids is 2. The molecule has 1 aliphatic heterocycles. The molecule has 1 N–H and O–H groups in total. The number of nitrogens with one attached hydrogen (secondary N) is 1. The van der Waals surface area contributed by atoms with Crippen LogP contribution in [0, 0.1) is 0 Å². The summed E-state index contributed by atoms with van der Waals surface area (Å²) in [7, 11) is -3.82. The van der Waals surface area contributed by atoms with E-state index in [2.05, 4.69) is 5.32 Å². The molecule has 33 heavy (non-hydrogen) atoms. The fourth-order valence-electron chi connectivity index (χ4n) is 3.49. The molecule has 10 heteroatoms. The number of esters is 1. The second-order valence-corrected chi connectivity index (χ2v) is 9.65. The lowest BCUT2D eigenvalue weighted by Gasteiger charge is -2.26. The van der Waals surface area contributed by atoms with Gasteiger partial charge in [0.25, 0.3) is 5.91 Å². The van der Waals surface area contributed by atoms with Crippen LogP contribution in [0.4, 0.5) is 5.69 Å². The van der Waals surface area contributed by atoms with E-state index in [1.54, 1.807) is 6.07 Å². The highest BCUT2D eigenvalue weighted by Crippen LogP contribution is 2.25. The largest absolute Gasteiger partial charge is 0.452 e. The smallest absolute Gasteiger partial charge is 0.340 e. The first-order valence-electron chi connectivity index (χ1n) is 10.2. The monoisotopic (exact) mass is 488 g/mol. The van der Waals surface area contributed by atoms with Crippen molar-refractivity contribution in [3.8, 4) is 0 Å². The van der Waals surface area contributed by atoms with Crippen molar-refractivity contribution in [2.24, 2.45) is 0 Å². The maximum absolute atomic E-state index is 12.9. The molecule has 4 rings (SSSR count). The lowest BCUT2D eigenvalue weighted by molar-refractivity contribution is -0.119. The zero-order valence-corrected chi connectivity index (χ0v) is 19.1. The molecule has 1 aliphatic rings. The van der Waals surface area contributed by atoms with Gasteiger partial charge in [-0.15, -0.1) is 0 Å². The molecule has 0 aliphatic carbocycles. The van der Waals surface area contributed by atoms with Crippen molar-refractivity contribution in [2.45, 2.75) is 4.90 Å². The number of hydrogen-bond acceptors (Lipinski definition) is 6. The van der Waals surface area contributed by atoms with Crippen LogP contribution in [0.2, 0.25) is 5.02 Å². The maximum atomic E-state index is 12.9. The van der Waals surface area contributed by atoms with Gasteiger partial charge < -0.3 is 14.8 Å². The Morgan fingerprint density at radius 2 is 1.76 bits per heavy atom. The molecule has 0 unspecified atom stereocenters. The van der Waals surface area contributed by atoms with Crippen LogP contribution in [0.1, 0.15) is 10.4 Å². The van der Waals surface area contributed by atoms with E-state index in [0.717, 1.165) is 16.8 Å². The number of fused-ring (bicyclic) bond motifs is 1. The number of sulfonamides is 1. The number of benzene rings is 3. The first-order chi connectivity index (χ1) is 15.9. The van der Waals surface area contributed by atoms with Crippen LogP contribution >= 0.6 is 11.6 Å². The molecule has 3 aromatic carbocycles. The fourth-order valence-corrected chi connectivity index (χ4v) is 5.12. The molecule has 0 spiro atoms. The number of halogens is 1. The van der Waals surface area contributed by atoms with Gasteiger partial charge in [0, 0.05) is 24.2 Å². The average molecular weight is 489 g/mol. The van der Waals surface area contributed by atoms with Crippen molar-refractivity contribution in [3.05, 3.63) is 71.2 Å². The minimum atomic E-state index is -3.82. The van der Waals surface area contributed by atoms with E-state index < -0.39 is 28.5 Å². The number of rotatable bonds is 6. The molecule has 0 aromatic heterocycles. The number of anilines is 1. The number of morpholine rings is 1. The van der Waals surface area contributed by atoms with Gasteiger partial charge >= 0.3 is 5.97 Å². The summed E-state index contributed by atoms with van der Waals surface area (Å²) in [5.74, 6) is -1.43. The third-order valence-corrected chi connectivity index (χ3v) is 7.39. The van der Waals surface area contributed by atoms with E-state index in [1.807, 2.05) is 36.4 Å². The predicted molar refractivity (Wildman–Crippen MR) is 124 cm³/mol. The topological polar surface area (TPSA) is 102 Å². The Morgan fingerprint density at radius 3 is 2.55 bits per heavy atom. The molecule has 172 valence electrons. The zero-order chi connectivity index (χ0) is 23.4. The molecule has 0 atom stereocenters. The van der Waals surface area contributed by atoms with Crippen molar-refractivity contribution in [1.82, 2.24) is 4.31 Å². The van der Waals surface area contributed by atoms with Crippen molar-refractivity contribution in [1.29, 1.82) is 0 Å². The Bertz CT molecular complexity index is 1300. The molecule has 0 saturated carbocycles. The van der Waals surface area contributed by atoms with Crippen LogP contribution in [0.5, 0.6) is 0 Å². The van der Waals surface area contributed by atoms with E-state index in [-0.39, 0.29) is 28.6 Å². The van der Waals surface area contributed by atoms with Crippen molar-refractivity contribution in [3.63, 3.8) is 0 Å². The van der Waals surface area contributed by atoms with E-state index >= 15 is 0 Å². The first-order valence-corrected chi connectivity index (χ1v) is 12.0. The quantitative estimate of drug-likeness (QED) is 0.534. The maximum Gasteiger partial charge on any atom is 0.340 e. The lowest BCUT2D eigenvalue weighted by Crippen LogP contribution is -2.40. The molecule has 0 radical (unpaired) electrons. The third kappa shape index (κ3) is 5.17. The molecule has 3 aromatic rings. The molecular formula is C23H21ClN2O6S. The van der Waals surface area contributed by atoms with E-state index in [1.165, 1.54) is 16.4 Å². The number of nitrogens with zero attached hydrogens (tertiary/aromatic N) is 1. The summed E-state index contributed by atoms with van der Waals surface area (Å²) in [6.07, 6.45) is 0. The Kier molecular flexibility index (Phi) is 6.94. The van der Waals surface area contributed by atoms with Crippen LogP contribution in [0.15, 0.2) is 65.6 Å². The molecule has 8 nitrogen and oxygen atoms in total. The predicted octanol–water partition coefficient (Wildman–Crippen LogP) is 3.31. The number of amides is 1. The number of ether oxygens (including phenoxy) is 2. The van der Waals surface area contributed by atoms with Gasteiger partial charge in [-0.25, -0.2) is 13.2 Å². The van der Waals surface area contributed by atoms with Gasteiger partial charge in [0.05, 0.1) is 28.7 Å².